The van der Waals surface area contributed by atoms with Crippen molar-refractivity contribution in [3.63, 3.8) is 0 Å². The first-order chi connectivity index (χ1) is 12.7. The molecule has 2 unspecified atom stereocenters. The molecule has 1 aromatic rings. The van der Waals surface area contributed by atoms with Crippen molar-refractivity contribution >= 4 is 5.96 Å². The van der Waals surface area contributed by atoms with Gasteiger partial charge in [-0.25, -0.2) is 0 Å². The predicted octanol–water partition coefficient (Wildman–Crippen LogP) is 3.27. The Labute approximate surface area is 158 Å². The third kappa shape index (κ3) is 4.70. The molecular weight excluding hydrogens is 324 g/mol. The molecule has 5 heteroatoms. The summed E-state index contributed by atoms with van der Waals surface area (Å²) in [5.74, 6) is 2.16. The second-order valence-electron chi connectivity index (χ2n) is 7.70. The fraction of sp³-hybridized carbons (Fsp3) is 0.667. The normalized spacial score (nSPS) is 25.8. The number of hydrogen-bond donors (Lipinski definition) is 1. The van der Waals surface area contributed by atoms with Gasteiger partial charge in [-0.3, -0.25) is 9.89 Å². The van der Waals surface area contributed by atoms with E-state index in [-0.39, 0.29) is 0 Å². The molecule has 144 valence electrons. The summed E-state index contributed by atoms with van der Waals surface area (Å²) in [6, 6.07) is 8.91. The van der Waals surface area contributed by atoms with Crippen molar-refractivity contribution in [2.24, 2.45) is 16.6 Å². The van der Waals surface area contributed by atoms with E-state index in [0.29, 0.717) is 12.0 Å². The van der Waals surface area contributed by atoms with Gasteiger partial charge in [-0.2, -0.15) is 0 Å². The molecule has 5 nitrogen and oxygen atoms in total. The molecule has 26 heavy (non-hydrogen) atoms. The fourth-order valence-electron chi connectivity index (χ4n) is 4.39. The van der Waals surface area contributed by atoms with Crippen LogP contribution in [0.25, 0.3) is 0 Å². The average Bonchev–Trinajstić information content (AvgIpc) is 2.96. The maximum atomic E-state index is 6.34. The van der Waals surface area contributed by atoms with Gasteiger partial charge in [-0.15, -0.1) is 0 Å². The number of ether oxygens (including phenoxy) is 1. The highest BCUT2D eigenvalue weighted by molar-refractivity contribution is 5.78. The summed E-state index contributed by atoms with van der Waals surface area (Å²) in [5, 5.41) is 0. The van der Waals surface area contributed by atoms with E-state index in [4.69, 9.17) is 15.5 Å². The molecule has 2 atom stereocenters. The highest BCUT2D eigenvalue weighted by atomic mass is 16.5. The van der Waals surface area contributed by atoms with Crippen LogP contribution in [0.3, 0.4) is 0 Å². The van der Waals surface area contributed by atoms with Gasteiger partial charge in [0, 0.05) is 25.7 Å². The highest BCUT2D eigenvalue weighted by Gasteiger charge is 2.30. The molecule has 0 aromatic heterocycles. The third-order valence-corrected chi connectivity index (χ3v) is 5.88. The van der Waals surface area contributed by atoms with Crippen molar-refractivity contribution in [2.75, 3.05) is 40.3 Å². The molecule has 0 amide bonds. The van der Waals surface area contributed by atoms with E-state index in [1.54, 1.807) is 7.11 Å². The van der Waals surface area contributed by atoms with Gasteiger partial charge >= 0.3 is 0 Å². The van der Waals surface area contributed by atoms with Crippen LogP contribution in [0.15, 0.2) is 29.3 Å². The predicted molar refractivity (Wildman–Crippen MR) is 108 cm³/mol. The van der Waals surface area contributed by atoms with Crippen LogP contribution >= 0.6 is 0 Å². The molecule has 1 aromatic carbocycles. The lowest BCUT2D eigenvalue weighted by atomic mass is 9.85. The smallest absolute Gasteiger partial charge is 0.191 e. The van der Waals surface area contributed by atoms with Gasteiger partial charge in [-0.1, -0.05) is 25.0 Å². The molecule has 0 saturated carbocycles. The van der Waals surface area contributed by atoms with Crippen molar-refractivity contribution in [1.29, 1.82) is 0 Å². The van der Waals surface area contributed by atoms with Crippen molar-refractivity contribution in [3.8, 4) is 5.75 Å². The van der Waals surface area contributed by atoms with Gasteiger partial charge in [-0.05, 0) is 62.9 Å². The van der Waals surface area contributed by atoms with E-state index in [1.165, 1.54) is 44.1 Å². The summed E-state index contributed by atoms with van der Waals surface area (Å²) in [5.41, 5.74) is 7.69. The molecular formula is C21H34N4O. The summed E-state index contributed by atoms with van der Waals surface area (Å²) in [6.45, 7) is 4.06. The molecule has 2 aliphatic rings. The van der Waals surface area contributed by atoms with Gasteiger partial charge < -0.3 is 15.4 Å². The van der Waals surface area contributed by atoms with Gasteiger partial charge in [0.05, 0.1) is 7.11 Å². The number of aliphatic imine (C=N–C) groups is 1. The minimum Gasteiger partial charge on any atom is -0.497 e. The van der Waals surface area contributed by atoms with Crippen LogP contribution in [-0.2, 0) is 0 Å². The zero-order chi connectivity index (χ0) is 18.4. The molecule has 2 fully saturated rings. The lowest BCUT2D eigenvalue weighted by molar-refractivity contribution is 0.125. The number of guanidine groups is 1. The van der Waals surface area contributed by atoms with Crippen molar-refractivity contribution < 1.29 is 4.74 Å². The van der Waals surface area contributed by atoms with Crippen LogP contribution in [0.4, 0.5) is 0 Å². The van der Waals surface area contributed by atoms with Crippen LogP contribution in [0.2, 0.25) is 0 Å². The average molecular weight is 359 g/mol. The zero-order valence-electron chi connectivity index (χ0n) is 16.4. The van der Waals surface area contributed by atoms with Crippen molar-refractivity contribution in [2.45, 2.75) is 44.6 Å². The number of benzene rings is 1. The summed E-state index contributed by atoms with van der Waals surface area (Å²) in [4.78, 5) is 9.57. The summed E-state index contributed by atoms with van der Waals surface area (Å²) < 4.78 is 5.31. The van der Waals surface area contributed by atoms with E-state index in [2.05, 4.69) is 41.1 Å². The third-order valence-electron chi connectivity index (χ3n) is 5.88. The van der Waals surface area contributed by atoms with Gasteiger partial charge in [0.25, 0.3) is 0 Å². The Morgan fingerprint density at radius 1 is 1.08 bits per heavy atom. The van der Waals surface area contributed by atoms with Crippen LogP contribution in [0, 0.1) is 5.92 Å². The highest BCUT2D eigenvalue weighted by Crippen LogP contribution is 2.35. The first-order valence-electron chi connectivity index (χ1n) is 10.1. The molecule has 2 aliphatic heterocycles. The molecule has 0 radical (unpaired) electrons. The second kappa shape index (κ2) is 9.26. The van der Waals surface area contributed by atoms with E-state index in [0.717, 1.165) is 37.9 Å². The SMILES string of the molecule is COc1ccc(C2C(CN=C(N)N3CCCCCC3)CCCN2C)cc1. The number of nitrogens with zero attached hydrogens (tertiary/aromatic N) is 3. The van der Waals surface area contributed by atoms with E-state index in [1.807, 2.05) is 0 Å². The molecule has 2 heterocycles. The maximum absolute atomic E-state index is 6.34. The lowest BCUT2D eigenvalue weighted by Gasteiger charge is -2.39. The Hall–Kier alpha value is -1.75. The summed E-state index contributed by atoms with van der Waals surface area (Å²) >= 11 is 0. The molecule has 0 bridgehead atoms. The second-order valence-corrected chi connectivity index (χ2v) is 7.70. The number of nitrogens with two attached hydrogens (primary N) is 1. The monoisotopic (exact) mass is 358 g/mol. The van der Waals surface area contributed by atoms with Gasteiger partial charge in [0.1, 0.15) is 5.75 Å². The fourth-order valence-corrected chi connectivity index (χ4v) is 4.39. The Morgan fingerprint density at radius 3 is 2.42 bits per heavy atom. The van der Waals surface area contributed by atoms with Crippen LogP contribution in [0.1, 0.15) is 50.1 Å². The topological polar surface area (TPSA) is 54.1 Å². The minimum absolute atomic E-state index is 0.398. The molecule has 0 spiro atoms. The van der Waals surface area contributed by atoms with Crippen molar-refractivity contribution in [3.05, 3.63) is 29.8 Å². The van der Waals surface area contributed by atoms with Crippen LogP contribution in [-0.4, -0.2) is 56.1 Å². The number of piperidine rings is 1. The molecule has 0 aliphatic carbocycles. The zero-order valence-corrected chi connectivity index (χ0v) is 16.4. The molecule has 3 rings (SSSR count). The first-order valence-corrected chi connectivity index (χ1v) is 10.1. The molecule has 2 N–H and O–H groups in total. The summed E-state index contributed by atoms with van der Waals surface area (Å²) in [7, 11) is 3.94. The number of methoxy groups -OCH3 is 1. The quantitative estimate of drug-likeness (QED) is 0.663. The Bertz CT molecular complexity index is 578. The molecule has 2 saturated heterocycles. The van der Waals surface area contributed by atoms with Crippen LogP contribution in [0.5, 0.6) is 5.75 Å². The van der Waals surface area contributed by atoms with Crippen molar-refractivity contribution in [1.82, 2.24) is 9.80 Å². The first kappa shape index (κ1) is 19.0. The minimum atomic E-state index is 0.398. The Morgan fingerprint density at radius 2 is 1.77 bits per heavy atom. The maximum Gasteiger partial charge on any atom is 0.191 e. The lowest BCUT2D eigenvalue weighted by Crippen LogP contribution is -2.40. The Balaban J connectivity index is 1.70. The van der Waals surface area contributed by atoms with E-state index < -0.39 is 0 Å². The van der Waals surface area contributed by atoms with Gasteiger partial charge in [0.15, 0.2) is 5.96 Å². The van der Waals surface area contributed by atoms with E-state index >= 15 is 0 Å². The van der Waals surface area contributed by atoms with Crippen LogP contribution < -0.4 is 10.5 Å². The van der Waals surface area contributed by atoms with Gasteiger partial charge in [0.2, 0.25) is 0 Å². The van der Waals surface area contributed by atoms with E-state index in [9.17, 15) is 0 Å². The number of hydrogen-bond acceptors (Lipinski definition) is 3. The standard InChI is InChI=1S/C21H34N4O/c1-24-13-7-8-18(20(24)17-9-11-19(26-2)12-10-17)16-23-21(22)25-14-5-3-4-6-15-25/h9-12,18,20H,3-8,13-16H2,1-2H3,(H2,22,23). The largest absolute Gasteiger partial charge is 0.497 e. The number of rotatable bonds is 4. The Kier molecular flexibility index (Phi) is 6.78. The number of likely N-dealkylation sites (tertiary alicyclic amines) is 2. The summed E-state index contributed by atoms with van der Waals surface area (Å²) in [6.07, 6.45) is 7.53.